The van der Waals surface area contributed by atoms with Crippen LogP contribution in [-0.4, -0.2) is 21.1 Å². The number of carbonyl (C=O) groups excluding carboxylic acids is 1. The minimum atomic E-state index is -4.47. The third-order valence-corrected chi connectivity index (χ3v) is 4.72. The molecule has 0 aliphatic rings. The van der Waals surface area contributed by atoms with Crippen molar-refractivity contribution < 1.29 is 22.4 Å². The molecule has 1 amide bonds. The number of carbonyl (C=O) groups is 1. The number of aromatic nitrogens is 2. The monoisotopic (exact) mass is 381 g/mol. The van der Waals surface area contributed by atoms with E-state index in [1.54, 1.807) is 25.3 Å². The van der Waals surface area contributed by atoms with Gasteiger partial charge < -0.3 is 9.73 Å². The molecule has 0 bridgehead atoms. The topological polar surface area (TPSA) is 68.0 Å². The lowest BCUT2D eigenvalue weighted by Gasteiger charge is -2.14. The first-order valence-electron chi connectivity index (χ1n) is 7.73. The Balaban J connectivity index is 1.73. The van der Waals surface area contributed by atoms with E-state index in [9.17, 15) is 18.0 Å². The molecule has 1 atom stereocenters. The number of alkyl halides is 3. The molecule has 1 N–H and O–H groups in total. The molecule has 0 aliphatic carbocycles. The molecule has 136 valence electrons. The summed E-state index contributed by atoms with van der Waals surface area (Å²) in [5, 5.41) is 2.23. The number of hydrogen-bond donors (Lipinski definition) is 1. The maximum atomic E-state index is 12.8. The lowest BCUT2D eigenvalue weighted by Crippen LogP contribution is -2.24. The second-order valence-electron chi connectivity index (χ2n) is 5.39. The van der Waals surface area contributed by atoms with E-state index in [0.29, 0.717) is 17.7 Å². The quantitative estimate of drug-likeness (QED) is 0.646. The number of fused-ring (bicyclic) bond motifs is 1. The van der Waals surface area contributed by atoms with Gasteiger partial charge in [0.2, 0.25) is 5.91 Å². The zero-order valence-electron chi connectivity index (χ0n) is 13.6. The maximum absolute atomic E-state index is 12.8. The predicted octanol–water partition coefficient (Wildman–Crippen LogP) is 4.75. The number of nitrogens with zero attached hydrogens (tertiary/aromatic N) is 2. The van der Waals surface area contributed by atoms with Gasteiger partial charge in [-0.2, -0.15) is 18.2 Å². The van der Waals surface area contributed by atoms with Gasteiger partial charge in [0.1, 0.15) is 0 Å². The van der Waals surface area contributed by atoms with Gasteiger partial charge in [0, 0.05) is 11.9 Å². The predicted molar refractivity (Wildman–Crippen MR) is 91.8 cm³/mol. The third-order valence-electron chi connectivity index (χ3n) is 3.51. The Bertz CT molecular complexity index is 894. The summed E-state index contributed by atoms with van der Waals surface area (Å²) in [5.74, 6) is -0.424. The number of pyridine rings is 1. The number of benzene rings is 1. The smallest absolute Gasteiger partial charge is 0.416 e. The van der Waals surface area contributed by atoms with Gasteiger partial charge in [-0.05, 0) is 36.8 Å². The summed E-state index contributed by atoms with van der Waals surface area (Å²) >= 11 is 1.10. The lowest BCUT2D eigenvalue weighted by atomic mass is 10.2. The normalized spacial score (nSPS) is 12.9. The van der Waals surface area contributed by atoms with Gasteiger partial charge >= 0.3 is 6.18 Å². The lowest BCUT2D eigenvalue weighted by molar-refractivity contribution is -0.137. The highest BCUT2D eigenvalue weighted by Gasteiger charge is 2.30. The van der Waals surface area contributed by atoms with Crippen LogP contribution in [0.2, 0.25) is 0 Å². The highest BCUT2D eigenvalue weighted by atomic mass is 32.2. The molecule has 3 aromatic rings. The molecule has 5 nitrogen and oxygen atoms in total. The molecular formula is C17H14F3N3O2S. The van der Waals surface area contributed by atoms with E-state index < -0.39 is 22.9 Å². The SMILES string of the molecule is CCC(Sc1nc2ncccc2o1)C(=O)Nc1cccc(C(F)(F)F)c1. The second kappa shape index (κ2) is 7.36. The summed E-state index contributed by atoms with van der Waals surface area (Å²) < 4.78 is 43.9. The van der Waals surface area contributed by atoms with Crippen molar-refractivity contribution >= 4 is 34.6 Å². The van der Waals surface area contributed by atoms with Crippen molar-refractivity contribution in [3.8, 4) is 0 Å². The van der Waals surface area contributed by atoms with Crippen LogP contribution in [0.1, 0.15) is 18.9 Å². The molecule has 1 unspecified atom stereocenters. The largest absolute Gasteiger partial charge is 0.430 e. The van der Waals surface area contributed by atoms with Gasteiger partial charge in [0.05, 0.1) is 10.8 Å². The molecule has 0 aliphatic heterocycles. The van der Waals surface area contributed by atoms with Crippen molar-refractivity contribution in [1.82, 2.24) is 9.97 Å². The number of rotatable bonds is 5. The Morgan fingerprint density at radius 3 is 2.81 bits per heavy atom. The molecule has 9 heteroatoms. The summed E-state index contributed by atoms with van der Waals surface area (Å²) in [6, 6.07) is 7.93. The van der Waals surface area contributed by atoms with Crippen LogP contribution in [0.25, 0.3) is 11.2 Å². The number of anilines is 1. The maximum Gasteiger partial charge on any atom is 0.416 e. The van der Waals surface area contributed by atoms with Crippen LogP contribution < -0.4 is 5.32 Å². The molecule has 0 radical (unpaired) electrons. The van der Waals surface area contributed by atoms with Crippen LogP contribution in [0.15, 0.2) is 52.2 Å². The van der Waals surface area contributed by atoms with Crippen LogP contribution in [0.5, 0.6) is 0 Å². The van der Waals surface area contributed by atoms with E-state index >= 15 is 0 Å². The Hall–Kier alpha value is -2.55. The van der Waals surface area contributed by atoms with E-state index in [1.165, 1.54) is 12.1 Å². The second-order valence-corrected chi connectivity index (χ2v) is 6.54. The molecule has 1 aromatic carbocycles. The Kier molecular flexibility index (Phi) is 5.17. The molecule has 0 spiro atoms. The van der Waals surface area contributed by atoms with Crippen molar-refractivity contribution in [1.29, 1.82) is 0 Å². The van der Waals surface area contributed by atoms with Crippen LogP contribution in [0, 0.1) is 0 Å². The number of thioether (sulfide) groups is 1. The molecule has 0 saturated carbocycles. The summed E-state index contributed by atoms with van der Waals surface area (Å²) in [6.45, 7) is 1.80. The van der Waals surface area contributed by atoms with Crippen molar-refractivity contribution in [2.75, 3.05) is 5.32 Å². The van der Waals surface area contributed by atoms with E-state index in [4.69, 9.17) is 4.42 Å². The summed E-state index contributed by atoms with van der Waals surface area (Å²) in [4.78, 5) is 20.7. The van der Waals surface area contributed by atoms with Crippen LogP contribution >= 0.6 is 11.8 Å². The minimum Gasteiger partial charge on any atom is -0.430 e. The average molecular weight is 381 g/mol. The minimum absolute atomic E-state index is 0.0862. The number of oxazole rings is 1. The van der Waals surface area contributed by atoms with Crippen molar-refractivity contribution in [3.63, 3.8) is 0 Å². The van der Waals surface area contributed by atoms with Gasteiger partial charge in [-0.15, -0.1) is 0 Å². The number of nitrogens with one attached hydrogen (secondary N) is 1. The van der Waals surface area contributed by atoms with Crippen LogP contribution in [0.4, 0.5) is 18.9 Å². The highest BCUT2D eigenvalue weighted by molar-refractivity contribution is 8.00. The van der Waals surface area contributed by atoms with Gasteiger partial charge in [-0.1, -0.05) is 24.8 Å². The molecular weight excluding hydrogens is 367 g/mol. The highest BCUT2D eigenvalue weighted by Crippen LogP contribution is 2.32. The van der Waals surface area contributed by atoms with E-state index in [2.05, 4.69) is 15.3 Å². The zero-order chi connectivity index (χ0) is 18.7. The number of amides is 1. The number of halogens is 3. The van der Waals surface area contributed by atoms with Gasteiger partial charge in [0.25, 0.3) is 5.22 Å². The Morgan fingerprint density at radius 1 is 1.31 bits per heavy atom. The molecule has 2 aromatic heterocycles. The first-order chi connectivity index (χ1) is 12.4. The van der Waals surface area contributed by atoms with Crippen molar-refractivity contribution in [3.05, 3.63) is 48.2 Å². The van der Waals surface area contributed by atoms with Crippen molar-refractivity contribution in [2.24, 2.45) is 0 Å². The standard InChI is InChI=1S/C17H14F3N3O2S/c1-2-13(26-16-23-14-12(25-16)7-4-8-21-14)15(24)22-11-6-3-5-10(9-11)17(18,19)20/h3-9,13H,2H2,1H3,(H,22,24). The van der Waals surface area contributed by atoms with Crippen LogP contribution in [0.3, 0.4) is 0 Å². The average Bonchev–Trinajstić information content (AvgIpc) is 3.01. The third kappa shape index (κ3) is 4.16. The van der Waals surface area contributed by atoms with Gasteiger partial charge in [0.15, 0.2) is 11.2 Å². The molecule has 0 fully saturated rings. The van der Waals surface area contributed by atoms with E-state index in [1.807, 2.05) is 0 Å². The van der Waals surface area contributed by atoms with E-state index in [0.717, 1.165) is 23.9 Å². The Labute approximate surface area is 151 Å². The fourth-order valence-corrected chi connectivity index (χ4v) is 3.09. The van der Waals surface area contributed by atoms with Gasteiger partial charge in [-0.3, -0.25) is 4.79 Å². The fourth-order valence-electron chi connectivity index (χ4n) is 2.24. The first kappa shape index (κ1) is 18.2. The molecule has 0 saturated heterocycles. The Morgan fingerprint density at radius 2 is 2.12 bits per heavy atom. The summed E-state index contributed by atoms with van der Waals surface area (Å²) in [5.41, 5.74) is 0.204. The van der Waals surface area contributed by atoms with Crippen LogP contribution in [-0.2, 0) is 11.0 Å². The first-order valence-corrected chi connectivity index (χ1v) is 8.61. The molecule has 2 heterocycles. The summed E-state index contributed by atoms with van der Waals surface area (Å²) in [6.07, 6.45) is -2.44. The molecule has 26 heavy (non-hydrogen) atoms. The van der Waals surface area contributed by atoms with Gasteiger partial charge in [-0.25, -0.2) is 4.98 Å². The van der Waals surface area contributed by atoms with Crippen molar-refractivity contribution in [2.45, 2.75) is 30.0 Å². The fraction of sp³-hybridized carbons (Fsp3) is 0.235. The molecule has 3 rings (SSSR count). The summed E-state index contributed by atoms with van der Waals surface area (Å²) in [7, 11) is 0. The van der Waals surface area contributed by atoms with E-state index in [-0.39, 0.29) is 10.9 Å². The zero-order valence-corrected chi connectivity index (χ0v) is 14.4. The number of hydrogen-bond acceptors (Lipinski definition) is 5.